The molecule has 6 nitrogen and oxygen atoms in total. The summed E-state index contributed by atoms with van der Waals surface area (Å²) in [5, 5.41) is 9.63. The second-order valence-electron chi connectivity index (χ2n) is 7.47. The number of ether oxygens (including phenoxy) is 1. The fourth-order valence-electron chi connectivity index (χ4n) is 2.58. The van der Waals surface area contributed by atoms with Crippen molar-refractivity contribution in [2.75, 3.05) is 0 Å². The van der Waals surface area contributed by atoms with Gasteiger partial charge in [0.25, 0.3) is 5.91 Å². The van der Waals surface area contributed by atoms with Crippen molar-refractivity contribution in [3.8, 4) is 11.6 Å². The average molecular weight is 364 g/mol. The number of carbonyl (C=O) groups excluding carboxylic acids is 1. The van der Waals surface area contributed by atoms with E-state index in [2.05, 4.69) is 41.3 Å². The van der Waals surface area contributed by atoms with Crippen LogP contribution in [0.1, 0.15) is 55.4 Å². The molecule has 1 amide bonds. The molecule has 27 heavy (non-hydrogen) atoms. The number of hydrogen-bond donors (Lipinski definition) is 2. The van der Waals surface area contributed by atoms with Crippen LogP contribution in [-0.2, 0) is 5.41 Å². The van der Waals surface area contributed by atoms with Gasteiger partial charge in [-0.15, -0.1) is 0 Å². The lowest BCUT2D eigenvalue weighted by Crippen LogP contribution is -2.26. The van der Waals surface area contributed by atoms with E-state index in [1.165, 1.54) is 11.8 Å². The van der Waals surface area contributed by atoms with Gasteiger partial charge >= 0.3 is 0 Å². The van der Waals surface area contributed by atoms with Gasteiger partial charge in [0.05, 0.1) is 17.3 Å². The Balaban J connectivity index is 1.62. The Kier molecular flexibility index (Phi) is 5.26. The molecule has 3 aromatic rings. The minimum Gasteiger partial charge on any atom is -0.439 e. The van der Waals surface area contributed by atoms with E-state index >= 15 is 0 Å². The molecular weight excluding hydrogens is 340 g/mol. The zero-order valence-electron chi connectivity index (χ0n) is 16.0. The Labute approximate surface area is 159 Å². The van der Waals surface area contributed by atoms with Crippen molar-refractivity contribution < 1.29 is 9.53 Å². The third kappa shape index (κ3) is 4.73. The van der Waals surface area contributed by atoms with Crippen LogP contribution in [-0.4, -0.2) is 21.1 Å². The van der Waals surface area contributed by atoms with Crippen LogP contribution in [0.3, 0.4) is 0 Å². The van der Waals surface area contributed by atoms with E-state index in [0.717, 1.165) is 5.69 Å². The summed E-state index contributed by atoms with van der Waals surface area (Å²) in [6.45, 7) is 8.39. The smallest absolute Gasteiger partial charge is 0.253 e. The first-order valence-corrected chi connectivity index (χ1v) is 8.87. The number of aromatic nitrogens is 3. The zero-order valence-corrected chi connectivity index (χ0v) is 16.0. The number of hydrogen-bond acceptors (Lipinski definition) is 4. The Morgan fingerprint density at radius 2 is 1.85 bits per heavy atom. The molecule has 0 bridgehead atoms. The molecule has 0 fully saturated rings. The van der Waals surface area contributed by atoms with Gasteiger partial charge in [0, 0.05) is 18.5 Å². The zero-order chi connectivity index (χ0) is 19.4. The maximum Gasteiger partial charge on any atom is 0.253 e. The molecule has 0 saturated carbocycles. The highest BCUT2D eigenvalue weighted by Crippen LogP contribution is 2.26. The number of benzene rings is 1. The maximum absolute atomic E-state index is 12.3. The summed E-state index contributed by atoms with van der Waals surface area (Å²) in [7, 11) is 0. The molecule has 2 heterocycles. The highest BCUT2D eigenvalue weighted by molar-refractivity contribution is 5.94. The predicted octanol–water partition coefficient (Wildman–Crippen LogP) is 4.39. The summed E-state index contributed by atoms with van der Waals surface area (Å²) >= 11 is 0. The fraction of sp³-hybridized carbons (Fsp3) is 0.286. The summed E-state index contributed by atoms with van der Waals surface area (Å²) in [5.74, 6) is 0.947. The van der Waals surface area contributed by atoms with E-state index < -0.39 is 0 Å². The number of nitrogens with zero attached hydrogens (tertiary/aromatic N) is 2. The molecule has 1 unspecified atom stereocenters. The molecular formula is C21H24N4O2. The first-order chi connectivity index (χ1) is 12.8. The average Bonchev–Trinajstić information content (AvgIpc) is 3.17. The van der Waals surface area contributed by atoms with Crippen LogP contribution in [0.2, 0.25) is 0 Å². The lowest BCUT2D eigenvalue weighted by atomic mass is 9.87. The van der Waals surface area contributed by atoms with Gasteiger partial charge in [-0.25, -0.2) is 4.98 Å². The topological polar surface area (TPSA) is 79.9 Å². The molecule has 2 aromatic heterocycles. The van der Waals surface area contributed by atoms with Crippen molar-refractivity contribution in [3.63, 3.8) is 0 Å². The first-order valence-electron chi connectivity index (χ1n) is 8.87. The molecule has 0 aliphatic heterocycles. The van der Waals surface area contributed by atoms with E-state index in [1.807, 2.05) is 37.3 Å². The monoisotopic (exact) mass is 364 g/mol. The minimum atomic E-state index is -0.203. The Morgan fingerprint density at radius 1 is 1.11 bits per heavy atom. The largest absolute Gasteiger partial charge is 0.439 e. The van der Waals surface area contributed by atoms with Gasteiger partial charge in [0.1, 0.15) is 5.75 Å². The molecule has 0 spiro atoms. The standard InChI is InChI=1S/C21H24N4O2/c1-14(18-11-12-23-25-18)24-20(26)15-5-10-19(22-13-15)27-17-8-6-16(7-9-17)21(2,3)4/h5-14H,1-4H3,(H,23,25)(H,24,26). The molecule has 0 aliphatic carbocycles. The van der Waals surface area contributed by atoms with Crippen LogP contribution in [0.15, 0.2) is 54.9 Å². The number of aromatic amines is 1. The van der Waals surface area contributed by atoms with Crippen LogP contribution < -0.4 is 10.1 Å². The van der Waals surface area contributed by atoms with Crippen LogP contribution in [0.4, 0.5) is 0 Å². The van der Waals surface area contributed by atoms with E-state index in [0.29, 0.717) is 17.2 Å². The number of pyridine rings is 1. The normalized spacial score (nSPS) is 12.4. The SMILES string of the molecule is CC(NC(=O)c1ccc(Oc2ccc(C(C)(C)C)cc2)nc1)c1ccn[nH]1. The maximum atomic E-state index is 12.3. The van der Waals surface area contributed by atoms with Crippen LogP contribution in [0.5, 0.6) is 11.6 Å². The van der Waals surface area contributed by atoms with Crippen LogP contribution in [0.25, 0.3) is 0 Å². The second-order valence-corrected chi connectivity index (χ2v) is 7.47. The van der Waals surface area contributed by atoms with Crippen LogP contribution >= 0.6 is 0 Å². The molecule has 1 aromatic carbocycles. The van der Waals surface area contributed by atoms with Gasteiger partial charge in [-0.05, 0) is 42.2 Å². The number of nitrogens with one attached hydrogen (secondary N) is 2. The second kappa shape index (κ2) is 7.61. The number of H-pyrrole nitrogens is 1. The van der Waals surface area contributed by atoms with Gasteiger partial charge in [0.15, 0.2) is 0 Å². The highest BCUT2D eigenvalue weighted by atomic mass is 16.5. The summed E-state index contributed by atoms with van der Waals surface area (Å²) in [5.41, 5.74) is 2.65. The summed E-state index contributed by atoms with van der Waals surface area (Å²) in [6.07, 6.45) is 3.16. The molecule has 2 N–H and O–H groups in total. The molecule has 3 rings (SSSR count). The Hall–Kier alpha value is -3.15. The van der Waals surface area contributed by atoms with Crippen molar-refractivity contribution in [2.45, 2.75) is 39.2 Å². The van der Waals surface area contributed by atoms with Gasteiger partial charge in [0.2, 0.25) is 5.88 Å². The van der Waals surface area contributed by atoms with Gasteiger partial charge in [-0.1, -0.05) is 32.9 Å². The number of rotatable bonds is 5. The predicted molar refractivity (Wildman–Crippen MR) is 104 cm³/mol. The molecule has 0 saturated heterocycles. The highest BCUT2D eigenvalue weighted by Gasteiger charge is 2.14. The molecule has 1 atom stereocenters. The van der Waals surface area contributed by atoms with Crippen LogP contribution in [0, 0.1) is 0 Å². The minimum absolute atomic E-state index is 0.0963. The molecule has 0 radical (unpaired) electrons. The third-order valence-electron chi connectivity index (χ3n) is 4.28. The first kappa shape index (κ1) is 18.6. The van der Waals surface area contributed by atoms with Crippen molar-refractivity contribution in [1.82, 2.24) is 20.5 Å². The summed E-state index contributed by atoms with van der Waals surface area (Å²) < 4.78 is 5.76. The van der Waals surface area contributed by atoms with Crippen molar-refractivity contribution in [3.05, 3.63) is 71.7 Å². The van der Waals surface area contributed by atoms with E-state index in [4.69, 9.17) is 4.74 Å². The molecule has 140 valence electrons. The summed E-state index contributed by atoms with van der Waals surface area (Å²) in [4.78, 5) is 16.6. The van der Waals surface area contributed by atoms with Gasteiger partial charge < -0.3 is 10.1 Å². The Morgan fingerprint density at radius 3 is 2.41 bits per heavy atom. The van der Waals surface area contributed by atoms with E-state index in [9.17, 15) is 4.79 Å². The summed E-state index contributed by atoms with van der Waals surface area (Å²) in [6, 6.07) is 13.0. The fourth-order valence-corrected chi connectivity index (χ4v) is 2.58. The van der Waals surface area contributed by atoms with E-state index in [-0.39, 0.29) is 17.4 Å². The molecule has 0 aliphatic rings. The lowest BCUT2D eigenvalue weighted by Gasteiger charge is -2.19. The van der Waals surface area contributed by atoms with Crippen molar-refractivity contribution >= 4 is 5.91 Å². The third-order valence-corrected chi connectivity index (χ3v) is 4.28. The molecule has 6 heteroatoms. The van der Waals surface area contributed by atoms with E-state index in [1.54, 1.807) is 18.3 Å². The van der Waals surface area contributed by atoms with Crippen molar-refractivity contribution in [2.24, 2.45) is 0 Å². The van der Waals surface area contributed by atoms with Crippen molar-refractivity contribution in [1.29, 1.82) is 0 Å². The lowest BCUT2D eigenvalue weighted by molar-refractivity contribution is 0.0938. The van der Waals surface area contributed by atoms with Gasteiger partial charge in [-0.3, -0.25) is 9.89 Å². The number of carbonyl (C=O) groups is 1. The van der Waals surface area contributed by atoms with Gasteiger partial charge in [-0.2, -0.15) is 5.10 Å². The Bertz CT molecular complexity index is 879. The quantitative estimate of drug-likeness (QED) is 0.704. The number of amides is 1.